The number of nitrogens with one attached hydrogen (secondary N) is 1. The molecule has 124 valence electrons. The van der Waals surface area contributed by atoms with Crippen molar-refractivity contribution in [3.8, 4) is 0 Å². The molecule has 6 nitrogen and oxygen atoms in total. The van der Waals surface area contributed by atoms with Crippen molar-refractivity contribution in [2.45, 2.75) is 50.9 Å². The molecule has 2 heterocycles. The van der Waals surface area contributed by atoms with Crippen LogP contribution in [0.25, 0.3) is 0 Å². The summed E-state index contributed by atoms with van der Waals surface area (Å²) in [4.78, 5) is 17.1. The van der Waals surface area contributed by atoms with E-state index in [0.717, 1.165) is 0 Å². The van der Waals surface area contributed by atoms with E-state index in [2.05, 4.69) is 15.5 Å². The molecule has 1 amide bonds. The molecule has 0 saturated carbocycles. The molecule has 0 aliphatic carbocycles. The second kappa shape index (κ2) is 6.64. The van der Waals surface area contributed by atoms with Crippen molar-refractivity contribution in [2.24, 2.45) is 0 Å². The summed E-state index contributed by atoms with van der Waals surface area (Å²) in [6.45, 7) is 1.87. The number of aryl methyl sites for hydroxylation is 2. The fourth-order valence-corrected chi connectivity index (χ4v) is 2.64. The molecule has 9 heteroatoms. The standard InChI is InChI=1S/C13H19F3N4O2/c1-8-17-12(22-19-8)6-5-11(21)18-9-3-4-10(13(14,15)16)20(2)7-9/h9-10H,3-7H2,1-2H3,(H,18,21)/t9-,10-/m1/s1. The zero-order chi connectivity index (χ0) is 16.3. The van der Waals surface area contributed by atoms with E-state index in [0.29, 0.717) is 24.6 Å². The molecule has 1 N–H and O–H groups in total. The maximum atomic E-state index is 12.7. The second-order valence-corrected chi connectivity index (χ2v) is 5.57. The molecule has 0 radical (unpaired) electrons. The third-order valence-electron chi connectivity index (χ3n) is 3.71. The van der Waals surface area contributed by atoms with Crippen molar-refractivity contribution in [1.82, 2.24) is 20.4 Å². The van der Waals surface area contributed by atoms with Crippen LogP contribution in [0.3, 0.4) is 0 Å². The highest BCUT2D eigenvalue weighted by Gasteiger charge is 2.44. The van der Waals surface area contributed by atoms with Crippen molar-refractivity contribution < 1.29 is 22.5 Å². The van der Waals surface area contributed by atoms with Gasteiger partial charge in [-0.3, -0.25) is 9.69 Å². The quantitative estimate of drug-likeness (QED) is 0.909. The maximum absolute atomic E-state index is 12.7. The summed E-state index contributed by atoms with van der Waals surface area (Å²) < 4.78 is 43.1. The van der Waals surface area contributed by atoms with Gasteiger partial charge in [0.15, 0.2) is 5.82 Å². The first-order chi connectivity index (χ1) is 10.3. The minimum atomic E-state index is -4.22. The van der Waals surface area contributed by atoms with Gasteiger partial charge < -0.3 is 9.84 Å². The van der Waals surface area contributed by atoms with Gasteiger partial charge in [-0.2, -0.15) is 18.2 Å². The van der Waals surface area contributed by atoms with E-state index >= 15 is 0 Å². The number of likely N-dealkylation sites (tertiary alicyclic amines) is 1. The number of piperidine rings is 1. The van der Waals surface area contributed by atoms with Crippen LogP contribution in [0.5, 0.6) is 0 Å². The average molecular weight is 320 g/mol. The van der Waals surface area contributed by atoms with Crippen molar-refractivity contribution in [2.75, 3.05) is 13.6 Å². The molecule has 1 aromatic heterocycles. The lowest BCUT2D eigenvalue weighted by atomic mass is 9.98. The Morgan fingerprint density at radius 2 is 2.18 bits per heavy atom. The second-order valence-electron chi connectivity index (χ2n) is 5.57. The lowest BCUT2D eigenvalue weighted by molar-refractivity contribution is -0.188. The van der Waals surface area contributed by atoms with E-state index in [1.54, 1.807) is 6.92 Å². The van der Waals surface area contributed by atoms with Crippen LogP contribution in [0.1, 0.15) is 31.0 Å². The number of aromatic nitrogens is 2. The number of amides is 1. The fraction of sp³-hybridized carbons (Fsp3) is 0.769. The Labute approximate surface area is 126 Å². The monoisotopic (exact) mass is 320 g/mol. The van der Waals surface area contributed by atoms with Gasteiger partial charge in [-0.25, -0.2) is 0 Å². The highest BCUT2D eigenvalue weighted by Crippen LogP contribution is 2.30. The van der Waals surface area contributed by atoms with Gasteiger partial charge in [0.25, 0.3) is 0 Å². The van der Waals surface area contributed by atoms with Gasteiger partial charge in [0, 0.05) is 25.4 Å². The van der Waals surface area contributed by atoms with Gasteiger partial charge in [-0.1, -0.05) is 5.16 Å². The van der Waals surface area contributed by atoms with Gasteiger partial charge in [0.05, 0.1) is 0 Å². The van der Waals surface area contributed by atoms with Gasteiger partial charge in [0.1, 0.15) is 6.04 Å². The molecule has 1 aromatic rings. The largest absolute Gasteiger partial charge is 0.404 e. The van der Waals surface area contributed by atoms with Crippen molar-refractivity contribution in [3.63, 3.8) is 0 Å². The van der Waals surface area contributed by atoms with E-state index in [-0.39, 0.29) is 31.3 Å². The van der Waals surface area contributed by atoms with Crippen molar-refractivity contribution in [3.05, 3.63) is 11.7 Å². The zero-order valence-electron chi connectivity index (χ0n) is 12.5. The first-order valence-electron chi connectivity index (χ1n) is 7.11. The highest BCUT2D eigenvalue weighted by molar-refractivity contribution is 5.76. The van der Waals surface area contributed by atoms with Crippen LogP contribution in [-0.2, 0) is 11.2 Å². The number of halogens is 3. The molecule has 0 bridgehead atoms. The minimum absolute atomic E-state index is 0.00615. The van der Waals surface area contributed by atoms with Gasteiger partial charge >= 0.3 is 6.18 Å². The predicted molar refractivity (Wildman–Crippen MR) is 71.0 cm³/mol. The van der Waals surface area contributed by atoms with Crippen LogP contribution in [0, 0.1) is 6.92 Å². The normalized spacial score (nSPS) is 23.5. The first-order valence-corrected chi connectivity index (χ1v) is 7.11. The number of rotatable bonds is 4. The van der Waals surface area contributed by atoms with Crippen LogP contribution in [0.4, 0.5) is 13.2 Å². The minimum Gasteiger partial charge on any atom is -0.352 e. The number of hydrogen-bond acceptors (Lipinski definition) is 5. The van der Waals surface area contributed by atoms with E-state index in [9.17, 15) is 18.0 Å². The predicted octanol–water partition coefficient (Wildman–Crippen LogP) is 1.45. The topological polar surface area (TPSA) is 71.3 Å². The van der Waals surface area contributed by atoms with E-state index in [1.165, 1.54) is 11.9 Å². The smallest absolute Gasteiger partial charge is 0.352 e. The lowest BCUT2D eigenvalue weighted by Crippen LogP contribution is -2.54. The summed E-state index contributed by atoms with van der Waals surface area (Å²) in [6.07, 6.45) is -3.42. The van der Waals surface area contributed by atoms with Crippen LogP contribution < -0.4 is 5.32 Å². The summed E-state index contributed by atoms with van der Waals surface area (Å²) in [5, 5.41) is 6.38. The molecular weight excluding hydrogens is 301 g/mol. The molecular formula is C13H19F3N4O2. The molecule has 1 saturated heterocycles. The summed E-state index contributed by atoms with van der Waals surface area (Å²) in [5.74, 6) is 0.660. The van der Waals surface area contributed by atoms with E-state index < -0.39 is 12.2 Å². The number of alkyl halides is 3. The Kier molecular flexibility index (Phi) is 5.05. The molecule has 2 rings (SSSR count). The number of hydrogen-bond donors (Lipinski definition) is 1. The van der Waals surface area contributed by atoms with Crippen LogP contribution in [-0.4, -0.2) is 52.8 Å². The lowest BCUT2D eigenvalue weighted by Gasteiger charge is -2.38. The summed E-state index contributed by atoms with van der Waals surface area (Å²) in [6, 6.07) is -1.69. The van der Waals surface area contributed by atoms with Gasteiger partial charge in [0.2, 0.25) is 11.8 Å². The Hall–Kier alpha value is -1.64. The molecule has 0 aromatic carbocycles. The third-order valence-corrected chi connectivity index (χ3v) is 3.71. The van der Waals surface area contributed by atoms with Crippen LogP contribution in [0.2, 0.25) is 0 Å². The molecule has 22 heavy (non-hydrogen) atoms. The van der Waals surface area contributed by atoms with E-state index in [1.807, 2.05) is 0 Å². The number of carbonyl (C=O) groups is 1. The first kappa shape index (κ1) is 16.7. The number of carbonyl (C=O) groups excluding carboxylic acids is 1. The molecule has 1 aliphatic rings. The fourth-order valence-electron chi connectivity index (χ4n) is 2.64. The Balaban J connectivity index is 1.76. The molecule has 2 atom stereocenters. The van der Waals surface area contributed by atoms with Gasteiger partial charge in [-0.05, 0) is 26.8 Å². The summed E-state index contributed by atoms with van der Waals surface area (Å²) >= 11 is 0. The number of nitrogens with zero attached hydrogens (tertiary/aromatic N) is 3. The third kappa shape index (κ3) is 4.43. The SMILES string of the molecule is Cc1noc(CCC(=O)N[C@@H]2CC[C@H](C(F)(F)F)N(C)C2)n1. The Bertz CT molecular complexity index is 518. The summed E-state index contributed by atoms with van der Waals surface area (Å²) in [7, 11) is 1.43. The molecule has 0 unspecified atom stereocenters. The highest BCUT2D eigenvalue weighted by atomic mass is 19.4. The van der Waals surface area contributed by atoms with E-state index in [4.69, 9.17) is 4.52 Å². The van der Waals surface area contributed by atoms with Crippen molar-refractivity contribution >= 4 is 5.91 Å². The van der Waals surface area contributed by atoms with Crippen LogP contribution in [0.15, 0.2) is 4.52 Å². The molecule has 1 fully saturated rings. The molecule has 0 spiro atoms. The number of likely N-dealkylation sites (N-methyl/N-ethyl adjacent to an activating group) is 1. The van der Waals surface area contributed by atoms with Gasteiger partial charge in [-0.15, -0.1) is 0 Å². The van der Waals surface area contributed by atoms with Crippen molar-refractivity contribution in [1.29, 1.82) is 0 Å². The summed E-state index contributed by atoms with van der Waals surface area (Å²) in [5.41, 5.74) is 0. The Morgan fingerprint density at radius 1 is 1.45 bits per heavy atom. The molecule has 1 aliphatic heterocycles. The zero-order valence-corrected chi connectivity index (χ0v) is 12.5. The Morgan fingerprint density at radius 3 is 2.73 bits per heavy atom. The maximum Gasteiger partial charge on any atom is 0.404 e. The van der Waals surface area contributed by atoms with Crippen LogP contribution >= 0.6 is 0 Å². The average Bonchev–Trinajstić information content (AvgIpc) is 2.81.